The molecule has 2 amide bonds. The van der Waals surface area contributed by atoms with Crippen LogP contribution in [0.15, 0.2) is 83.2 Å². The Balaban J connectivity index is 1.61. The zero-order valence-electron chi connectivity index (χ0n) is 15.1. The number of carbonyl (C=O) groups is 2. The maximum absolute atomic E-state index is 12.6. The van der Waals surface area contributed by atoms with Crippen LogP contribution in [-0.4, -0.2) is 29.9 Å². The van der Waals surface area contributed by atoms with Crippen LogP contribution in [0.4, 0.5) is 5.82 Å². The normalized spacial score (nSPS) is 10.9. The summed E-state index contributed by atoms with van der Waals surface area (Å²) < 4.78 is 5.26. The summed E-state index contributed by atoms with van der Waals surface area (Å²) in [5.74, 6) is 0.397. The highest BCUT2D eigenvalue weighted by Crippen LogP contribution is 2.08. The van der Waals surface area contributed by atoms with Crippen molar-refractivity contribution in [3.63, 3.8) is 0 Å². The van der Waals surface area contributed by atoms with E-state index in [0.29, 0.717) is 24.4 Å². The SMILES string of the molecule is O=C(NCCNc1ccccn1)/C(=C\c1ccco1)NC(=O)c1ccccc1. The number of amides is 2. The van der Waals surface area contributed by atoms with Crippen molar-refractivity contribution < 1.29 is 14.0 Å². The van der Waals surface area contributed by atoms with Crippen molar-refractivity contribution in [1.29, 1.82) is 0 Å². The third kappa shape index (κ3) is 5.57. The molecule has 0 fully saturated rings. The summed E-state index contributed by atoms with van der Waals surface area (Å²) in [4.78, 5) is 29.1. The van der Waals surface area contributed by atoms with Gasteiger partial charge in [0, 0.05) is 30.9 Å². The Bertz CT molecular complexity index is 923. The third-order valence-electron chi connectivity index (χ3n) is 3.74. The molecule has 2 heterocycles. The molecule has 0 saturated heterocycles. The molecule has 0 radical (unpaired) electrons. The van der Waals surface area contributed by atoms with E-state index in [-0.39, 0.29) is 11.6 Å². The van der Waals surface area contributed by atoms with Crippen LogP contribution >= 0.6 is 0 Å². The Morgan fingerprint density at radius 3 is 2.50 bits per heavy atom. The van der Waals surface area contributed by atoms with Gasteiger partial charge in [-0.15, -0.1) is 0 Å². The molecule has 3 aromatic rings. The molecule has 0 unspecified atom stereocenters. The monoisotopic (exact) mass is 376 g/mol. The highest BCUT2D eigenvalue weighted by molar-refractivity contribution is 6.05. The van der Waals surface area contributed by atoms with E-state index in [4.69, 9.17) is 4.42 Å². The second-order valence-corrected chi connectivity index (χ2v) is 5.79. The van der Waals surface area contributed by atoms with Gasteiger partial charge in [0.05, 0.1) is 6.26 Å². The van der Waals surface area contributed by atoms with E-state index >= 15 is 0 Å². The molecule has 0 aliphatic rings. The van der Waals surface area contributed by atoms with E-state index in [1.807, 2.05) is 24.3 Å². The minimum atomic E-state index is -0.413. The number of nitrogens with zero attached hydrogens (tertiary/aromatic N) is 1. The summed E-state index contributed by atoms with van der Waals surface area (Å²) in [6.45, 7) is 0.843. The first-order chi connectivity index (χ1) is 13.7. The molecule has 7 nitrogen and oxygen atoms in total. The van der Waals surface area contributed by atoms with Gasteiger partial charge in [-0.2, -0.15) is 0 Å². The number of furan rings is 1. The van der Waals surface area contributed by atoms with Crippen molar-refractivity contribution in [2.24, 2.45) is 0 Å². The van der Waals surface area contributed by atoms with Gasteiger partial charge in [0.25, 0.3) is 11.8 Å². The Hall–Kier alpha value is -3.87. The van der Waals surface area contributed by atoms with Crippen molar-refractivity contribution in [3.05, 3.63) is 90.1 Å². The second-order valence-electron chi connectivity index (χ2n) is 5.79. The van der Waals surface area contributed by atoms with Gasteiger partial charge in [0.15, 0.2) is 0 Å². The Morgan fingerprint density at radius 1 is 0.964 bits per heavy atom. The minimum Gasteiger partial charge on any atom is -0.465 e. The van der Waals surface area contributed by atoms with Crippen LogP contribution in [-0.2, 0) is 4.79 Å². The maximum Gasteiger partial charge on any atom is 0.268 e. The summed E-state index contributed by atoms with van der Waals surface area (Å²) in [6, 6.07) is 17.6. The van der Waals surface area contributed by atoms with Crippen molar-refractivity contribution in [2.45, 2.75) is 0 Å². The molecule has 28 heavy (non-hydrogen) atoms. The third-order valence-corrected chi connectivity index (χ3v) is 3.74. The van der Waals surface area contributed by atoms with Crippen LogP contribution in [0.5, 0.6) is 0 Å². The largest absolute Gasteiger partial charge is 0.465 e. The van der Waals surface area contributed by atoms with Crippen LogP contribution in [0, 0.1) is 0 Å². The van der Waals surface area contributed by atoms with Crippen molar-refractivity contribution >= 4 is 23.7 Å². The summed E-state index contributed by atoms with van der Waals surface area (Å²) in [7, 11) is 0. The van der Waals surface area contributed by atoms with Crippen LogP contribution in [0.3, 0.4) is 0 Å². The molecular formula is C21H20N4O3. The van der Waals surface area contributed by atoms with Gasteiger partial charge in [0.1, 0.15) is 17.3 Å². The van der Waals surface area contributed by atoms with Gasteiger partial charge >= 0.3 is 0 Å². The summed E-state index contributed by atoms with van der Waals surface area (Å²) in [5, 5.41) is 8.52. The first-order valence-corrected chi connectivity index (χ1v) is 8.77. The second kappa shape index (κ2) is 9.72. The number of rotatable bonds is 8. The lowest BCUT2D eigenvalue weighted by atomic mass is 10.2. The summed E-state index contributed by atoms with van der Waals surface area (Å²) in [5.41, 5.74) is 0.555. The standard InChI is InChI=1S/C21H20N4O3/c26-20(16-7-2-1-3-8-16)25-18(15-17-9-6-14-28-17)21(27)24-13-12-23-19-10-4-5-11-22-19/h1-11,14-15H,12-13H2,(H,22,23)(H,24,27)(H,25,26)/b18-15+. The van der Waals surface area contributed by atoms with Gasteiger partial charge in [-0.3, -0.25) is 9.59 Å². The van der Waals surface area contributed by atoms with Crippen LogP contribution in [0.25, 0.3) is 6.08 Å². The molecule has 142 valence electrons. The highest BCUT2D eigenvalue weighted by Gasteiger charge is 2.14. The molecule has 0 atom stereocenters. The predicted octanol–water partition coefficient (Wildman–Crippen LogP) is 2.67. The van der Waals surface area contributed by atoms with E-state index in [9.17, 15) is 9.59 Å². The molecule has 7 heteroatoms. The molecule has 0 bridgehead atoms. The number of carbonyl (C=O) groups excluding carboxylic acids is 2. The fraction of sp³-hybridized carbons (Fsp3) is 0.0952. The minimum absolute atomic E-state index is 0.0987. The molecule has 0 aliphatic heterocycles. The van der Waals surface area contributed by atoms with E-state index < -0.39 is 5.91 Å². The zero-order valence-corrected chi connectivity index (χ0v) is 15.1. The lowest BCUT2D eigenvalue weighted by Gasteiger charge is -2.11. The molecule has 1 aromatic carbocycles. The fourth-order valence-corrected chi connectivity index (χ4v) is 2.39. The van der Waals surface area contributed by atoms with E-state index in [1.165, 1.54) is 12.3 Å². The number of hydrogen-bond acceptors (Lipinski definition) is 5. The molecule has 0 spiro atoms. The van der Waals surface area contributed by atoms with Crippen molar-refractivity contribution in [1.82, 2.24) is 15.6 Å². The molecule has 3 rings (SSSR count). The lowest BCUT2D eigenvalue weighted by molar-refractivity contribution is -0.117. The Morgan fingerprint density at radius 2 is 1.79 bits per heavy atom. The van der Waals surface area contributed by atoms with Crippen LogP contribution < -0.4 is 16.0 Å². The molecular weight excluding hydrogens is 356 g/mol. The molecule has 2 aromatic heterocycles. The van der Waals surface area contributed by atoms with Gasteiger partial charge in [-0.25, -0.2) is 4.98 Å². The Labute approximate surface area is 162 Å². The van der Waals surface area contributed by atoms with Crippen molar-refractivity contribution in [3.8, 4) is 0 Å². The average Bonchev–Trinajstić information content (AvgIpc) is 3.25. The topological polar surface area (TPSA) is 96.3 Å². The Kier molecular flexibility index (Phi) is 6.57. The van der Waals surface area contributed by atoms with Gasteiger partial charge in [-0.1, -0.05) is 24.3 Å². The first-order valence-electron chi connectivity index (χ1n) is 8.77. The number of anilines is 1. The lowest BCUT2D eigenvalue weighted by Crippen LogP contribution is -2.36. The van der Waals surface area contributed by atoms with Crippen molar-refractivity contribution in [2.75, 3.05) is 18.4 Å². The van der Waals surface area contributed by atoms with Crippen LogP contribution in [0.2, 0.25) is 0 Å². The number of benzene rings is 1. The molecule has 3 N–H and O–H groups in total. The summed E-state index contributed by atoms with van der Waals surface area (Å²) in [6.07, 6.45) is 4.67. The first kappa shape index (κ1) is 18.9. The fourth-order valence-electron chi connectivity index (χ4n) is 2.39. The number of hydrogen-bond donors (Lipinski definition) is 3. The number of pyridine rings is 1. The number of aromatic nitrogens is 1. The molecule has 0 aliphatic carbocycles. The predicted molar refractivity (Wildman–Crippen MR) is 106 cm³/mol. The zero-order chi connectivity index (χ0) is 19.6. The van der Waals surface area contributed by atoms with Gasteiger partial charge < -0.3 is 20.4 Å². The highest BCUT2D eigenvalue weighted by atomic mass is 16.3. The quantitative estimate of drug-likeness (QED) is 0.415. The smallest absolute Gasteiger partial charge is 0.268 e. The van der Waals surface area contributed by atoms with E-state index in [0.717, 1.165) is 5.82 Å². The van der Waals surface area contributed by atoms with Crippen LogP contribution in [0.1, 0.15) is 16.1 Å². The van der Waals surface area contributed by atoms with E-state index in [1.54, 1.807) is 42.6 Å². The molecule has 0 saturated carbocycles. The number of nitrogens with one attached hydrogen (secondary N) is 3. The van der Waals surface area contributed by atoms with Gasteiger partial charge in [-0.05, 0) is 36.4 Å². The van der Waals surface area contributed by atoms with E-state index in [2.05, 4.69) is 20.9 Å². The average molecular weight is 376 g/mol. The maximum atomic E-state index is 12.6. The summed E-state index contributed by atoms with van der Waals surface area (Å²) >= 11 is 0. The van der Waals surface area contributed by atoms with Gasteiger partial charge in [0.2, 0.25) is 0 Å².